The van der Waals surface area contributed by atoms with Gasteiger partial charge in [-0.1, -0.05) is 13.8 Å². The first-order valence-corrected chi connectivity index (χ1v) is 4.03. The predicted octanol–water partition coefficient (Wildman–Crippen LogP) is 0.531. The highest BCUT2D eigenvalue weighted by Gasteiger charge is 2.09. The van der Waals surface area contributed by atoms with Crippen molar-refractivity contribution in [2.45, 2.75) is 20.4 Å². The van der Waals surface area contributed by atoms with Crippen molar-refractivity contribution in [1.82, 2.24) is 9.55 Å². The summed E-state index contributed by atoms with van der Waals surface area (Å²) in [6.07, 6.45) is 1.32. The zero-order valence-electron chi connectivity index (χ0n) is 7.57. The minimum atomic E-state index is -1.11. The summed E-state index contributed by atoms with van der Waals surface area (Å²) in [5.74, 6) is -0.797. The van der Waals surface area contributed by atoms with Crippen molar-refractivity contribution in [2.75, 3.05) is 0 Å². The third-order valence-corrected chi connectivity index (χ3v) is 1.58. The Morgan fingerprint density at radius 3 is 2.69 bits per heavy atom. The summed E-state index contributed by atoms with van der Waals surface area (Å²) in [5.41, 5.74) is -0.434. The Kier molecular flexibility index (Phi) is 2.55. The number of carboxylic acids is 1. The van der Waals surface area contributed by atoms with Gasteiger partial charge in [0.25, 0.3) is 0 Å². The van der Waals surface area contributed by atoms with E-state index in [1.165, 1.54) is 10.8 Å². The lowest BCUT2D eigenvalue weighted by molar-refractivity contribution is 0.0691. The Morgan fingerprint density at radius 1 is 1.69 bits per heavy atom. The van der Waals surface area contributed by atoms with Crippen LogP contribution >= 0.6 is 0 Å². The number of hydrogen-bond donors (Lipinski definition) is 2. The fraction of sp³-hybridized carbons (Fsp3) is 0.500. The van der Waals surface area contributed by atoms with E-state index >= 15 is 0 Å². The normalized spacial score (nSPS) is 10.7. The first kappa shape index (κ1) is 9.57. The molecule has 1 rings (SSSR count). The fourth-order valence-electron chi connectivity index (χ4n) is 1.07. The molecule has 1 heterocycles. The van der Waals surface area contributed by atoms with E-state index in [1.807, 2.05) is 13.8 Å². The van der Waals surface area contributed by atoms with E-state index in [-0.39, 0.29) is 11.4 Å². The van der Waals surface area contributed by atoms with Crippen molar-refractivity contribution in [2.24, 2.45) is 5.92 Å². The molecule has 72 valence electrons. The third kappa shape index (κ3) is 2.21. The molecule has 13 heavy (non-hydrogen) atoms. The van der Waals surface area contributed by atoms with E-state index in [1.54, 1.807) is 0 Å². The largest absolute Gasteiger partial charge is 0.477 e. The summed E-state index contributed by atoms with van der Waals surface area (Å²) in [6, 6.07) is 0. The van der Waals surface area contributed by atoms with E-state index in [0.717, 1.165) is 0 Å². The van der Waals surface area contributed by atoms with Gasteiger partial charge in [0.15, 0.2) is 0 Å². The van der Waals surface area contributed by atoms with Gasteiger partial charge in [0.05, 0.1) is 0 Å². The second-order valence-corrected chi connectivity index (χ2v) is 3.32. The number of H-pyrrole nitrogens is 1. The second kappa shape index (κ2) is 3.47. The molecule has 1 aromatic heterocycles. The molecule has 0 saturated carbocycles. The van der Waals surface area contributed by atoms with Crippen LogP contribution < -0.4 is 5.69 Å². The molecule has 0 atom stereocenters. The monoisotopic (exact) mass is 184 g/mol. The average Bonchev–Trinajstić information content (AvgIpc) is 2.31. The lowest BCUT2D eigenvalue weighted by Crippen LogP contribution is -2.18. The molecule has 0 spiro atoms. The summed E-state index contributed by atoms with van der Waals surface area (Å²) in [4.78, 5) is 23.9. The maximum absolute atomic E-state index is 11.1. The minimum Gasteiger partial charge on any atom is -0.477 e. The molecule has 0 bridgehead atoms. The van der Waals surface area contributed by atoms with Crippen molar-refractivity contribution >= 4 is 5.97 Å². The van der Waals surface area contributed by atoms with E-state index < -0.39 is 5.97 Å². The van der Waals surface area contributed by atoms with Crippen LogP contribution in [0.5, 0.6) is 0 Å². The summed E-state index contributed by atoms with van der Waals surface area (Å²) >= 11 is 0. The molecule has 1 aromatic rings. The number of aromatic carboxylic acids is 1. The van der Waals surface area contributed by atoms with Gasteiger partial charge in [-0.25, -0.2) is 9.59 Å². The van der Waals surface area contributed by atoms with E-state index in [4.69, 9.17) is 5.11 Å². The van der Waals surface area contributed by atoms with E-state index in [9.17, 15) is 9.59 Å². The van der Waals surface area contributed by atoms with Crippen molar-refractivity contribution in [3.05, 3.63) is 22.4 Å². The molecule has 0 radical (unpaired) electrons. The number of hydrogen-bond acceptors (Lipinski definition) is 2. The number of rotatable bonds is 3. The van der Waals surface area contributed by atoms with Crippen LogP contribution in [-0.4, -0.2) is 20.6 Å². The number of nitrogens with zero attached hydrogens (tertiary/aromatic N) is 1. The van der Waals surface area contributed by atoms with Crippen molar-refractivity contribution in [1.29, 1.82) is 0 Å². The van der Waals surface area contributed by atoms with Crippen LogP contribution in [0.2, 0.25) is 0 Å². The molecule has 5 nitrogen and oxygen atoms in total. The Hall–Kier alpha value is -1.52. The van der Waals surface area contributed by atoms with Gasteiger partial charge >= 0.3 is 11.7 Å². The molecule has 0 saturated heterocycles. The highest BCUT2D eigenvalue weighted by molar-refractivity contribution is 5.84. The van der Waals surface area contributed by atoms with Crippen LogP contribution in [0.3, 0.4) is 0 Å². The Morgan fingerprint density at radius 2 is 2.31 bits per heavy atom. The Bertz CT molecular complexity index is 362. The van der Waals surface area contributed by atoms with E-state index in [2.05, 4.69) is 4.98 Å². The number of carbonyl (C=O) groups is 1. The average molecular weight is 184 g/mol. The molecule has 0 unspecified atom stereocenters. The van der Waals surface area contributed by atoms with Gasteiger partial charge in [-0.05, 0) is 5.92 Å². The van der Waals surface area contributed by atoms with Crippen molar-refractivity contribution in [3.63, 3.8) is 0 Å². The molecule has 0 fully saturated rings. The SMILES string of the molecule is CC(C)Cn1cc(C(=O)O)[nH]c1=O. The molecule has 5 heteroatoms. The molecule has 0 aliphatic carbocycles. The molecule has 0 aliphatic rings. The summed E-state index contributed by atoms with van der Waals surface area (Å²) in [6.45, 7) is 4.45. The molecule has 0 amide bonds. The highest BCUT2D eigenvalue weighted by atomic mass is 16.4. The van der Waals surface area contributed by atoms with Gasteiger partial charge in [-0.15, -0.1) is 0 Å². The zero-order chi connectivity index (χ0) is 10.0. The van der Waals surface area contributed by atoms with Gasteiger partial charge in [0, 0.05) is 12.7 Å². The van der Waals surface area contributed by atoms with Gasteiger partial charge < -0.3 is 10.1 Å². The van der Waals surface area contributed by atoms with Crippen LogP contribution in [0.15, 0.2) is 11.0 Å². The van der Waals surface area contributed by atoms with Gasteiger partial charge in [0.1, 0.15) is 5.69 Å². The third-order valence-electron chi connectivity index (χ3n) is 1.58. The molecule has 2 N–H and O–H groups in total. The Balaban J connectivity index is 2.97. The first-order valence-electron chi connectivity index (χ1n) is 4.03. The minimum absolute atomic E-state index is 0.0642. The smallest absolute Gasteiger partial charge is 0.353 e. The molecular formula is C8H12N2O3. The number of carboxylic acid groups (broad SMARTS) is 1. The van der Waals surface area contributed by atoms with Crippen LogP contribution in [-0.2, 0) is 6.54 Å². The topological polar surface area (TPSA) is 75.1 Å². The number of aromatic amines is 1. The van der Waals surface area contributed by atoms with Crippen LogP contribution in [0.25, 0.3) is 0 Å². The summed E-state index contributed by atoms with van der Waals surface area (Å²) in [7, 11) is 0. The predicted molar refractivity (Wildman–Crippen MR) is 46.9 cm³/mol. The van der Waals surface area contributed by atoms with Crippen molar-refractivity contribution in [3.8, 4) is 0 Å². The fourth-order valence-corrected chi connectivity index (χ4v) is 1.07. The molecule has 0 aromatic carbocycles. The summed E-state index contributed by atoms with van der Waals surface area (Å²) in [5, 5.41) is 8.57. The highest BCUT2D eigenvalue weighted by Crippen LogP contribution is 1.97. The van der Waals surface area contributed by atoms with Gasteiger partial charge in [-0.2, -0.15) is 0 Å². The molecular weight excluding hydrogens is 172 g/mol. The standard InChI is InChI=1S/C8H12N2O3/c1-5(2)3-10-4-6(7(11)12)9-8(10)13/h4-5H,3H2,1-2H3,(H,9,13)(H,11,12). The number of aromatic nitrogens is 2. The maximum Gasteiger partial charge on any atom is 0.353 e. The first-order chi connectivity index (χ1) is 6.00. The molecule has 0 aliphatic heterocycles. The van der Waals surface area contributed by atoms with Gasteiger partial charge in [-0.3, -0.25) is 4.57 Å². The van der Waals surface area contributed by atoms with Crippen LogP contribution in [0.4, 0.5) is 0 Å². The maximum atomic E-state index is 11.1. The Labute approximate surface area is 75.0 Å². The number of imidazole rings is 1. The quantitative estimate of drug-likeness (QED) is 0.719. The summed E-state index contributed by atoms with van der Waals surface area (Å²) < 4.78 is 1.37. The van der Waals surface area contributed by atoms with E-state index in [0.29, 0.717) is 12.5 Å². The number of nitrogens with one attached hydrogen (secondary N) is 1. The van der Waals surface area contributed by atoms with Crippen LogP contribution in [0, 0.1) is 5.92 Å². The van der Waals surface area contributed by atoms with Crippen molar-refractivity contribution < 1.29 is 9.90 Å². The lowest BCUT2D eigenvalue weighted by Gasteiger charge is -2.02. The van der Waals surface area contributed by atoms with Crippen LogP contribution in [0.1, 0.15) is 24.3 Å². The van der Waals surface area contributed by atoms with Gasteiger partial charge in [0.2, 0.25) is 0 Å². The second-order valence-electron chi connectivity index (χ2n) is 3.32. The zero-order valence-corrected chi connectivity index (χ0v) is 7.57. The lowest BCUT2D eigenvalue weighted by atomic mass is 10.2.